The van der Waals surface area contributed by atoms with E-state index in [-0.39, 0.29) is 24.2 Å². The van der Waals surface area contributed by atoms with Crippen LogP contribution >= 0.6 is 0 Å². The van der Waals surface area contributed by atoms with Crippen molar-refractivity contribution in [2.24, 2.45) is 5.41 Å². The van der Waals surface area contributed by atoms with Crippen molar-refractivity contribution in [2.75, 3.05) is 26.4 Å². The van der Waals surface area contributed by atoms with Crippen LogP contribution in [0.2, 0.25) is 0 Å². The van der Waals surface area contributed by atoms with Crippen LogP contribution < -0.4 is 0 Å². The summed E-state index contributed by atoms with van der Waals surface area (Å²) >= 11 is 0. The van der Waals surface area contributed by atoms with Crippen molar-refractivity contribution in [3.05, 3.63) is 0 Å². The third kappa shape index (κ3) is 2.55. The summed E-state index contributed by atoms with van der Waals surface area (Å²) in [5.74, 6) is 0. The van der Waals surface area contributed by atoms with Crippen molar-refractivity contribution >= 4 is 6.09 Å². The van der Waals surface area contributed by atoms with E-state index in [2.05, 4.69) is 0 Å². The van der Waals surface area contributed by atoms with E-state index < -0.39 is 5.60 Å². The van der Waals surface area contributed by atoms with Gasteiger partial charge >= 0.3 is 6.09 Å². The minimum absolute atomic E-state index is 0.0129. The van der Waals surface area contributed by atoms with Gasteiger partial charge in [-0.05, 0) is 27.2 Å². The second kappa shape index (κ2) is 4.14. The second-order valence-electron chi connectivity index (χ2n) is 6.14. The fraction of sp³-hybridized carbons (Fsp3) is 0.917. The Balaban J connectivity index is 2.01. The van der Waals surface area contributed by atoms with Gasteiger partial charge in [0.15, 0.2) is 0 Å². The lowest BCUT2D eigenvalue weighted by Gasteiger charge is -2.37. The Bertz CT molecular complexity index is 306. The number of rotatable bonds is 1. The van der Waals surface area contributed by atoms with Crippen molar-refractivity contribution in [2.45, 2.75) is 38.8 Å². The molecule has 0 aromatic rings. The molecule has 2 saturated heterocycles. The van der Waals surface area contributed by atoms with E-state index in [9.17, 15) is 9.90 Å². The first kappa shape index (κ1) is 12.6. The zero-order chi connectivity index (χ0) is 12.7. The van der Waals surface area contributed by atoms with Crippen LogP contribution in [0.1, 0.15) is 27.2 Å². The van der Waals surface area contributed by atoms with Crippen LogP contribution in [0.5, 0.6) is 0 Å². The van der Waals surface area contributed by atoms with Gasteiger partial charge in [0.05, 0.1) is 25.9 Å². The summed E-state index contributed by atoms with van der Waals surface area (Å²) in [5, 5.41) is 9.35. The molecule has 2 rings (SSSR count). The molecular weight excluding hydrogens is 222 g/mol. The Morgan fingerprint density at radius 1 is 1.53 bits per heavy atom. The molecular formula is C12H21NO4. The van der Waals surface area contributed by atoms with Gasteiger partial charge < -0.3 is 19.5 Å². The van der Waals surface area contributed by atoms with Gasteiger partial charge in [0.25, 0.3) is 0 Å². The minimum Gasteiger partial charge on any atom is -0.444 e. The van der Waals surface area contributed by atoms with Crippen LogP contribution in [0.25, 0.3) is 0 Å². The quantitative estimate of drug-likeness (QED) is 0.746. The number of ether oxygens (including phenoxy) is 2. The molecule has 2 aliphatic rings. The van der Waals surface area contributed by atoms with Crippen molar-refractivity contribution in [1.82, 2.24) is 4.90 Å². The summed E-state index contributed by atoms with van der Waals surface area (Å²) in [6.45, 7) is 7.52. The van der Waals surface area contributed by atoms with Gasteiger partial charge in [-0.2, -0.15) is 0 Å². The first-order valence-electron chi connectivity index (χ1n) is 6.03. The molecule has 98 valence electrons. The maximum Gasteiger partial charge on any atom is 0.410 e. The molecule has 0 aliphatic carbocycles. The zero-order valence-corrected chi connectivity index (χ0v) is 10.7. The Kier molecular flexibility index (Phi) is 3.08. The topological polar surface area (TPSA) is 59.0 Å². The molecule has 2 heterocycles. The number of aliphatic hydroxyl groups is 1. The van der Waals surface area contributed by atoms with Crippen molar-refractivity contribution in [3.8, 4) is 0 Å². The van der Waals surface area contributed by atoms with Gasteiger partial charge in [-0.15, -0.1) is 0 Å². The lowest BCUT2D eigenvalue weighted by Crippen LogP contribution is -2.46. The Labute approximate surface area is 102 Å². The van der Waals surface area contributed by atoms with E-state index >= 15 is 0 Å². The molecule has 0 radical (unpaired) electrons. The molecule has 0 saturated carbocycles. The number of nitrogens with zero attached hydrogens (tertiary/aromatic N) is 1. The summed E-state index contributed by atoms with van der Waals surface area (Å²) in [6, 6.07) is -0.131. The first-order valence-corrected chi connectivity index (χ1v) is 6.03. The molecule has 1 atom stereocenters. The summed E-state index contributed by atoms with van der Waals surface area (Å²) in [6.07, 6.45) is 0.475. The van der Waals surface area contributed by atoms with E-state index in [1.54, 1.807) is 4.90 Å². The number of carbonyl (C=O) groups excluding carboxylic acids is 1. The van der Waals surface area contributed by atoms with Crippen LogP contribution in [0.4, 0.5) is 4.79 Å². The highest BCUT2D eigenvalue weighted by molar-refractivity contribution is 5.69. The molecule has 1 unspecified atom stereocenters. The fourth-order valence-electron chi connectivity index (χ4n) is 2.46. The third-order valence-corrected chi connectivity index (χ3v) is 3.27. The summed E-state index contributed by atoms with van der Waals surface area (Å²) in [7, 11) is 0. The van der Waals surface area contributed by atoms with E-state index in [1.807, 2.05) is 20.8 Å². The fourth-order valence-corrected chi connectivity index (χ4v) is 2.46. The largest absolute Gasteiger partial charge is 0.444 e. The first-order chi connectivity index (χ1) is 7.85. The minimum atomic E-state index is -0.497. The van der Waals surface area contributed by atoms with Gasteiger partial charge in [0.1, 0.15) is 5.60 Å². The zero-order valence-electron chi connectivity index (χ0n) is 10.7. The summed E-state index contributed by atoms with van der Waals surface area (Å²) in [5.41, 5.74) is -0.437. The van der Waals surface area contributed by atoms with Crippen molar-refractivity contribution < 1.29 is 19.4 Å². The highest BCUT2D eigenvalue weighted by atomic mass is 16.6. The maximum atomic E-state index is 12.0. The van der Waals surface area contributed by atoms with Crippen LogP contribution in [0, 0.1) is 5.41 Å². The Hall–Kier alpha value is -0.810. The van der Waals surface area contributed by atoms with E-state index in [1.165, 1.54) is 0 Å². The highest BCUT2D eigenvalue weighted by Gasteiger charge is 2.51. The SMILES string of the molecule is CC(C)(C)OC(=O)N1CC2(COC2)CC1CO. The second-order valence-corrected chi connectivity index (χ2v) is 6.14. The maximum absolute atomic E-state index is 12.0. The number of likely N-dealkylation sites (tertiary alicyclic amines) is 1. The molecule has 5 nitrogen and oxygen atoms in total. The van der Waals surface area contributed by atoms with Gasteiger partial charge in [-0.3, -0.25) is 0 Å². The molecule has 5 heteroatoms. The molecule has 1 N–H and O–H groups in total. The number of hydrogen-bond donors (Lipinski definition) is 1. The molecule has 0 bridgehead atoms. The molecule has 0 aromatic heterocycles. The number of aliphatic hydroxyl groups excluding tert-OH is 1. The van der Waals surface area contributed by atoms with Crippen LogP contribution in [0.3, 0.4) is 0 Å². The summed E-state index contributed by atoms with van der Waals surface area (Å²) in [4.78, 5) is 13.7. The Morgan fingerprint density at radius 3 is 2.59 bits per heavy atom. The van der Waals surface area contributed by atoms with Gasteiger partial charge in [-0.25, -0.2) is 4.79 Å². The number of amides is 1. The predicted octanol–water partition coefficient (Wildman–Crippen LogP) is 1.00. The number of hydrogen-bond acceptors (Lipinski definition) is 4. The smallest absolute Gasteiger partial charge is 0.410 e. The molecule has 0 aromatic carbocycles. The standard InChI is InChI=1S/C12H21NO4/c1-11(2,3)17-10(15)13-6-12(7-16-8-12)4-9(13)5-14/h9,14H,4-8H2,1-3H3. The van der Waals surface area contributed by atoms with Crippen molar-refractivity contribution in [3.63, 3.8) is 0 Å². The van der Waals surface area contributed by atoms with Gasteiger partial charge in [0.2, 0.25) is 0 Å². The van der Waals surface area contributed by atoms with Gasteiger partial charge in [0, 0.05) is 12.0 Å². The molecule has 1 amide bonds. The van der Waals surface area contributed by atoms with E-state index in [0.29, 0.717) is 19.8 Å². The molecule has 17 heavy (non-hydrogen) atoms. The van der Waals surface area contributed by atoms with Crippen LogP contribution in [0.15, 0.2) is 0 Å². The Morgan fingerprint density at radius 2 is 2.18 bits per heavy atom. The van der Waals surface area contributed by atoms with Crippen LogP contribution in [-0.2, 0) is 9.47 Å². The average molecular weight is 243 g/mol. The lowest BCUT2D eigenvalue weighted by molar-refractivity contribution is -0.105. The highest BCUT2D eigenvalue weighted by Crippen LogP contribution is 2.41. The molecule has 2 aliphatic heterocycles. The van der Waals surface area contributed by atoms with E-state index in [0.717, 1.165) is 6.42 Å². The van der Waals surface area contributed by atoms with E-state index in [4.69, 9.17) is 9.47 Å². The van der Waals surface area contributed by atoms with Crippen LogP contribution in [-0.4, -0.2) is 54.1 Å². The predicted molar refractivity (Wildman–Crippen MR) is 61.7 cm³/mol. The van der Waals surface area contributed by atoms with Gasteiger partial charge in [-0.1, -0.05) is 0 Å². The normalized spacial score (nSPS) is 27.1. The average Bonchev–Trinajstić information content (AvgIpc) is 2.53. The third-order valence-electron chi connectivity index (χ3n) is 3.27. The lowest BCUT2D eigenvalue weighted by atomic mass is 9.84. The summed E-state index contributed by atoms with van der Waals surface area (Å²) < 4.78 is 10.6. The van der Waals surface area contributed by atoms with Crippen molar-refractivity contribution in [1.29, 1.82) is 0 Å². The molecule has 1 spiro atoms. The molecule has 2 fully saturated rings. The monoisotopic (exact) mass is 243 g/mol. The number of carbonyl (C=O) groups is 1.